The van der Waals surface area contributed by atoms with E-state index in [1.807, 2.05) is 11.9 Å². The van der Waals surface area contributed by atoms with E-state index in [-0.39, 0.29) is 0 Å². The van der Waals surface area contributed by atoms with Crippen molar-refractivity contribution in [2.45, 2.75) is 38.6 Å². The fourth-order valence-electron chi connectivity index (χ4n) is 2.69. The second-order valence-corrected chi connectivity index (χ2v) is 6.38. The Morgan fingerprint density at radius 2 is 2.10 bits per heavy atom. The van der Waals surface area contributed by atoms with Crippen LogP contribution in [0, 0.1) is 6.92 Å². The summed E-state index contributed by atoms with van der Waals surface area (Å²) in [6.45, 7) is 3.87. The van der Waals surface area contributed by atoms with Crippen molar-refractivity contribution < 1.29 is 4.79 Å². The van der Waals surface area contributed by atoms with Gasteiger partial charge in [0.15, 0.2) is 0 Å². The fourth-order valence-corrected chi connectivity index (χ4v) is 2.94. The third kappa shape index (κ3) is 4.06. The molecule has 0 atom stereocenters. The van der Waals surface area contributed by atoms with Crippen LogP contribution in [0.1, 0.15) is 30.4 Å². The molecule has 0 unspecified atom stereocenters. The van der Waals surface area contributed by atoms with Gasteiger partial charge in [-0.25, -0.2) is 0 Å². The smallest absolute Gasteiger partial charge is 0.222 e. The number of hydrogen-bond donors (Lipinski definition) is 1. The molecule has 1 aliphatic rings. The van der Waals surface area contributed by atoms with Crippen LogP contribution in [0.4, 0.5) is 0 Å². The number of amides is 1. The zero-order chi connectivity index (χ0) is 14.5. The third-order valence-corrected chi connectivity index (χ3v) is 5.00. The Hall–Kier alpha value is -0.870. The van der Waals surface area contributed by atoms with Gasteiger partial charge in [-0.1, -0.05) is 28.1 Å². The molecule has 1 aromatic rings. The number of hydrogen-bond acceptors (Lipinski definition) is 2. The Morgan fingerprint density at radius 3 is 2.70 bits per heavy atom. The molecule has 0 aromatic heterocycles. The molecular formula is C16H23BrN2O. The number of piperidine rings is 1. The highest BCUT2D eigenvalue weighted by Gasteiger charge is 2.21. The van der Waals surface area contributed by atoms with Crippen LogP contribution in [0.5, 0.6) is 0 Å². The van der Waals surface area contributed by atoms with Gasteiger partial charge >= 0.3 is 0 Å². The molecule has 1 fully saturated rings. The van der Waals surface area contributed by atoms with Crippen molar-refractivity contribution in [2.24, 2.45) is 0 Å². The molecule has 1 aromatic carbocycles. The van der Waals surface area contributed by atoms with Gasteiger partial charge in [-0.05, 0) is 50.4 Å². The van der Waals surface area contributed by atoms with Gasteiger partial charge in [0.25, 0.3) is 0 Å². The summed E-state index contributed by atoms with van der Waals surface area (Å²) < 4.78 is 1.13. The lowest BCUT2D eigenvalue weighted by molar-refractivity contribution is -0.132. The first kappa shape index (κ1) is 15.5. The maximum absolute atomic E-state index is 12.2. The predicted molar refractivity (Wildman–Crippen MR) is 85.9 cm³/mol. The van der Waals surface area contributed by atoms with Gasteiger partial charge in [-0.2, -0.15) is 0 Å². The molecule has 1 N–H and O–H groups in total. The summed E-state index contributed by atoms with van der Waals surface area (Å²) in [5.41, 5.74) is 2.47. The molecule has 1 aliphatic heterocycles. The summed E-state index contributed by atoms with van der Waals surface area (Å²) in [7, 11) is 2.00. The largest absolute Gasteiger partial charge is 0.343 e. The van der Waals surface area contributed by atoms with Crippen molar-refractivity contribution in [3.8, 4) is 0 Å². The van der Waals surface area contributed by atoms with E-state index in [0.29, 0.717) is 18.4 Å². The molecule has 4 heteroatoms. The predicted octanol–water partition coefficient (Wildman–Crippen LogP) is 2.90. The number of carbonyl (C=O) groups is 1. The summed E-state index contributed by atoms with van der Waals surface area (Å²) in [5.74, 6) is 0.292. The van der Waals surface area contributed by atoms with Crippen LogP contribution < -0.4 is 5.32 Å². The minimum atomic E-state index is 0.292. The van der Waals surface area contributed by atoms with E-state index in [1.54, 1.807) is 0 Å². The molecule has 0 radical (unpaired) electrons. The highest BCUT2D eigenvalue weighted by atomic mass is 79.9. The van der Waals surface area contributed by atoms with Crippen LogP contribution in [-0.2, 0) is 11.2 Å². The van der Waals surface area contributed by atoms with Crippen molar-refractivity contribution in [2.75, 3.05) is 20.1 Å². The molecule has 0 bridgehead atoms. The lowest BCUT2D eigenvalue weighted by Gasteiger charge is -2.31. The quantitative estimate of drug-likeness (QED) is 0.915. The number of nitrogens with zero attached hydrogens (tertiary/aromatic N) is 1. The van der Waals surface area contributed by atoms with Crippen LogP contribution in [0.2, 0.25) is 0 Å². The van der Waals surface area contributed by atoms with Crippen LogP contribution in [-0.4, -0.2) is 37.0 Å². The third-order valence-electron chi connectivity index (χ3n) is 4.11. The van der Waals surface area contributed by atoms with Gasteiger partial charge in [0.1, 0.15) is 0 Å². The Kier molecular flexibility index (Phi) is 5.61. The molecule has 1 saturated heterocycles. The maximum atomic E-state index is 12.2. The average molecular weight is 339 g/mol. The number of halogens is 1. The Bertz CT molecular complexity index is 468. The first-order valence-corrected chi connectivity index (χ1v) is 8.09. The SMILES string of the molecule is CNC1CCN(C(=O)CCc2ccc(Br)c(C)c2)CC1. The van der Waals surface area contributed by atoms with Gasteiger partial charge in [0.05, 0.1) is 0 Å². The van der Waals surface area contributed by atoms with Gasteiger partial charge < -0.3 is 10.2 Å². The number of nitrogens with one attached hydrogen (secondary N) is 1. The topological polar surface area (TPSA) is 32.3 Å². The number of rotatable bonds is 4. The molecule has 1 amide bonds. The fraction of sp³-hybridized carbons (Fsp3) is 0.562. The number of benzene rings is 1. The molecule has 2 rings (SSSR count). The summed E-state index contributed by atoms with van der Waals surface area (Å²) in [5, 5.41) is 3.29. The van der Waals surface area contributed by atoms with Crippen molar-refractivity contribution in [1.82, 2.24) is 10.2 Å². The Balaban J connectivity index is 1.81. The van der Waals surface area contributed by atoms with Crippen molar-refractivity contribution >= 4 is 21.8 Å². The molecule has 110 valence electrons. The van der Waals surface area contributed by atoms with Crippen molar-refractivity contribution in [3.05, 3.63) is 33.8 Å². The molecule has 3 nitrogen and oxygen atoms in total. The highest BCUT2D eigenvalue weighted by molar-refractivity contribution is 9.10. The van der Waals surface area contributed by atoms with Gasteiger partial charge in [0, 0.05) is 30.0 Å². The summed E-state index contributed by atoms with van der Waals surface area (Å²) >= 11 is 3.50. The minimum Gasteiger partial charge on any atom is -0.343 e. The first-order valence-electron chi connectivity index (χ1n) is 7.30. The van der Waals surface area contributed by atoms with Crippen molar-refractivity contribution in [3.63, 3.8) is 0 Å². The van der Waals surface area contributed by atoms with E-state index in [2.05, 4.69) is 46.4 Å². The van der Waals surface area contributed by atoms with E-state index in [9.17, 15) is 4.79 Å². The molecule has 0 aliphatic carbocycles. The van der Waals surface area contributed by atoms with E-state index < -0.39 is 0 Å². The molecular weight excluding hydrogens is 316 g/mol. The summed E-state index contributed by atoms with van der Waals surface area (Å²) in [4.78, 5) is 14.2. The Morgan fingerprint density at radius 1 is 1.40 bits per heavy atom. The standard InChI is InChI=1S/C16H23BrN2O/c1-12-11-13(3-5-15(12)17)4-6-16(20)19-9-7-14(18-2)8-10-19/h3,5,11,14,18H,4,6-10H2,1-2H3. The molecule has 1 heterocycles. The van der Waals surface area contributed by atoms with E-state index in [0.717, 1.165) is 36.8 Å². The number of carbonyl (C=O) groups excluding carboxylic acids is 1. The van der Waals surface area contributed by atoms with E-state index in [1.165, 1.54) is 11.1 Å². The first-order chi connectivity index (χ1) is 9.60. The number of aryl methyl sites for hydroxylation is 2. The van der Waals surface area contributed by atoms with Gasteiger partial charge in [0.2, 0.25) is 5.91 Å². The second kappa shape index (κ2) is 7.23. The van der Waals surface area contributed by atoms with Crippen LogP contribution in [0.25, 0.3) is 0 Å². The lowest BCUT2D eigenvalue weighted by Crippen LogP contribution is -2.44. The van der Waals surface area contributed by atoms with Crippen molar-refractivity contribution in [1.29, 1.82) is 0 Å². The zero-order valence-electron chi connectivity index (χ0n) is 12.3. The van der Waals surface area contributed by atoms with Crippen LogP contribution >= 0.6 is 15.9 Å². The minimum absolute atomic E-state index is 0.292. The molecule has 0 spiro atoms. The summed E-state index contributed by atoms with van der Waals surface area (Å²) in [6.07, 6.45) is 3.59. The second-order valence-electron chi connectivity index (χ2n) is 5.53. The van der Waals surface area contributed by atoms with Crippen LogP contribution in [0.15, 0.2) is 22.7 Å². The normalized spacial score (nSPS) is 16.4. The van der Waals surface area contributed by atoms with E-state index in [4.69, 9.17) is 0 Å². The molecule has 20 heavy (non-hydrogen) atoms. The Labute approximate surface area is 129 Å². The monoisotopic (exact) mass is 338 g/mol. The van der Waals surface area contributed by atoms with Gasteiger partial charge in [-0.15, -0.1) is 0 Å². The molecule has 0 saturated carbocycles. The van der Waals surface area contributed by atoms with Crippen LogP contribution in [0.3, 0.4) is 0 Å². The lowest BCUT2D eigenvalue weighted by atomic mass is 10.0. The maximum Gasteiger partial charge on any atom is 0.222 e. The highest BCUT2D eigenvalue weighted by Crippen LogP contribution is 2.18. The number of likely N-dealkylation sites (tertiary alicyclic amines) is 1. The summed E-state index contributed by atoms with van der Waals surface area (Å²) in [6, 6.07) is 6.89. The zero-order valence-corrected chi connectivity index (χ0v) is 13.9. The van der Waals surface area contributed by atoms with Gasteiger partial charge in [-0.3, -0.25) is 4.79 Å². The van der Waals surface area contributed by atoms with E-state index >= 15 is 0 Å². The average Bonchev–Trinajstić information content (AvgIpc) is 2.48.